The molecular formula is C17H13ClN2O. The lowest BCUT2D eigenvalue weighted by molar-refractivity contribution is 0.103. The molecule has 0 unspecified atom stereocenters. The van der Waals surface area contributed by atoms with Crippen LogP contribution in [0, 0.1) is 18.3 Å². The molecule has 0 amide bonds. The molecule has 0 aliphatic rings. The predicted molar refractivity (Wildman–Crippen MR) is 84.3 cm³/mol. The summed E-state index contributed by atoms with van der Waals surface area (Å²) in [6, 6.07) is 16.0. The summed E-state index contributed by atoms with van der Waals surface area (Å²) in [6.07, 6.45) is 1.42. The average molecular weight is 297 g/mol. The van der Waals surface area contributed by atoms with Crippen molar-refractivity contribution in [3.63, 3.8) is 0 Å². The van der Waals surface area contributed by atoms with Gasteiger partial charge in [0.05, 0.1) is 0 Å². The van der Waals surface area contributed by atoms with Gasteiger partial charge in [-0.15, -0.1) is 0 Å². The van der Waals surface area contributed by atoms with Crippen LogP contribution in [0.2, 0.25) is 5.02 Å². The molecule has 21 heavy (non-hydrogen) atoms. The molecule has 4 heteroatoms. The summed E-state index contributed by atoms with van der Waals surface area (Å²) in [4.78, 5) is 12.2. The maximum Gasteiger partial charge on any atom is 0.205 e. The highest BCUT2D eigenvalue weighted by Crippen LogP contribution is 2.14. The number of aryl methyl sites for hydroxylation is 1. The van der Waals surface area contributed by atoms with Crippen LogP contribution in [0.1, 0.15) is 15.9 Å². The zero-order valence-electron chi connectivity index (χ0n) is 11.4. The monoisotopic (exact) mass is 296 g/mol. The first-order valence-corrected chi connectivity index (χ1v) is 6.71. The van der Waals surface area contributed by atoms with Crippen molar-refractivity contribution in [3.05, 3.63) is 76.5 Å². The zero-order valence-corrected chi connectivity index (χ0v) is 12.2. The second-order valence-corrected chi connectivity index (χ2v) is 4.95. The minimum atomic E-state index is -0.339. The van der Waals surface area contributed by atoms with Gasteiger partial charge in [0.25, 0.3) is 0 Å². The molecule has 0 saturated carbocycles. The summed E-state index contributed by atoms with van der Waals surface area (Å²) in [5.74, 6) is -0.339. The zero-order chi connectivity index (χ0) is 15.2. The van der Waals surface area contributed by atoms with Crippen molar-refractivity contribution < 1.29 is 4.79 Å². The molecule has 0 aliphatic carbocycles. The molecule has 0 fully saturated rings. The van der Waals surface area contributed by atoms with E-state index < -0.39 is 0 Å². The second kappa shape index (κ2) is 6.74. The van der Waals surface area contributed by atoms with Gasteiger partial charge in [-0.05, 0) is 43.3 Å². The Balaban J connectivity index is 2.17. The van der Waals surface area contributed by atoms with Gasteiger partial charge in [0.15, 0.2) is 0 Å². The minimum absolute atomic E-state index is 0.0397. The van der Waals surface area contributed by atoms with Crippen LogP contribution >= 0.6 is 11.6 Å². The molecule has 1 N–H and O–H groups in total. The van der Waals surface area contributed by atoms with Gasteiger partial charge in [0, 0.05) is 22.5 Å². The van der Waals surface area contributed by atoms with E-state index in [0.29, 0.717) is 10.6 Å². The van der Waals surface area contributed by atoms with E-state index in [2.05, 4.69) is 5.32 Å². The molecule has 3 nitrogen and oxygen atoms in total. The molecule has 0 radical (unpaired) electrons. The molecule has 2 rings (SSSR count). The number of hydrogen-bond acceptors (Lipinski definition) is 3. The van der Waals surface area contributed by atoms with E-state index >= 15 is 0 Å². The van der Waals surface area contributed by atoms with E-state index in [1.165, 1.54) is 6.20 Å². The number of halogens is 1. The number of carbonyl (C=O) groups excluding carboxylic acids is 1. The van der Waals surface area contributed by atoms with Crippen molar-refractivity contribution >= 4 is 23.1 Å². The van der Waals surface area contributed by atoms with Crippen molar-refractivity contribution in [2.45, 2.75) is 6.92 Å². The van der Waals surface area contributed by atoms with E-state index in [1.54, 1.807) is 24.3 Å². The maximum absolute atomic E-state index is 12.2. The number of hydrogen-bond donors (Lipinski definition) is 1. The molecule has 0 aromatic heterocycles. The average Bonchev–Trinajstić information content (AvgIpc) is 2.50. The summed E-state index contributed by atoms with van der Waals surface area (Å²) in [6.45, 7) is 1.99. The summed E-state index contributed by atoms with van der Waals surface area (Å²) >= 11 is 5.78. The number of rotatable bonds is 4. The van der Waals surface area contributed by atoms with Crippen LogP contribution < -0.4 is 5.32 Å². The number of allylic oxidation sites excluding steroid dienone is 1. The number of ketones is 1. The Morgan fingerprint density at radius 2 is 1.76 bits per heavy atom. The van der Waals surface area contributed by atoms with Crippen LogP contribution in [0.15, 0.2) is 60.3 Å². The first-order valence-electron chi connectivity index (χ1n) is 6.34. The summed E-state index contributed by atoms with van der Waals surface area (Å²) < 4.78 is 0. The molecule has 104 valence electrons. The van der Waals surface area contributed by atoms with E-state index in [0.717, 1.165) is 11.3 Å². The summed E-state index contributed by atoms with van der Waals surface area (Å²) in [7, 11) is 0. The van der Waals surface area contributed by atoms with Crippen molar-refractivity contribution in [2.24, 2.45) is 0 Å². The SMILES string of the molecule is Cc1ccc(NC=C(C#N)C(=O)c2ccc(Cl)cc2)cc1. The molecule has 0 spiro atoms. The summed E-state index contributed by atoms with van der Waals surface area (Å²) in [5, 5.41) is 12.6. The standard InChI is InChI=1S/C17H13ClN2O/c1-12-2-8-16(9-3-12)20-11-14(10-19)17(21)13-4-6-15(18)7-5-13/h2-9,11,20H,1H3. The number of anilines is 1. The number of carbonyl (C=O) groups is 1. The van der Waals surface area contributed by atoms with Crippen molar-refractivity contribution in [1.82, 2.24) is 0 Å². The van der Waals surface area contributed by atoms with Crippen molar-refractivity contribution in [3.8, 4) is 6.07 Å². The highest BCUT2D eigenvalue weighted by molar-refractivity contribution is 6.30. The number of nitrogens with one attached hydrogen (secondary N) is 1. The molecule has 2 aromatic carbocycles. The van der Waals surface area contributed by atoms with Crippen molar-refractivity contribution in [2.75, 3.05) is 5.32 Å². The molecule has 0 bridgehead atoms. The highest BCUT2D eigenvalue weighted by Gasteiger charge is 2.11. The van der Waals surface area contributed by atoms with Crippen LogP contribution in [0.4, 0.5) is 5.69 Å². The number of benzene rings is 2. The first kappa shape index (κ1) is 14.8. The van der Waals surface area contributed by atoms with Gasteiger partial charge in [-0.3, -0.25) is 4.79 Å². The lowest BCUT2D eigenvalue weighted by Gasteiger charge is -2.03. The topological polar surface area (TPSA) is 52.9 Å². The third-order valence-electron chi connectivity index (χ3n) is 2.91. The molecule has 0 saturated heterocycles. The Morgan fingerprint density at radius 3 is 2.33 bits per heavy atom. The molecule has 0 heterocycles. The highest BCUT2D eigenvalue weighted by atomic mass is 35.5. The summed E-state index contributed by atoms with van der Waals surface area (Å²) in [5.41, 5.74) is 2.43. The van der Waals surface area contributed by atoms with Crippen LogP contribution in [0.25, 0.3) is 0 Å². The fraction of sp³-hybridized carbons (Fsp3) is 0.0588. The van der Waals surface area contributed by atoms with Gasteiger partial charge >= 0.3 is 0 Å². The number of Topliss-reactive ketones (excluding diaryl/α,β-unsaturated/α-hetero) is 1. The minimum Gasteiger partial charge on any atom is -0.360 e. The van der Waals surface area contributed by atoms with Gasteiger partial charge in [0.2, 0.25) is 5.78 Å². The van der Waals surface area contributed by atoms with E-state index in [1.807, 2.05) is 37.3 Å². The first-order chi connectivity index (χ1) is 10.1. The third-order valence-corrected chi connectivity index (χ3v) is 3.16. The van der Waals surface area contributed by atoms with Gasteiger partial charge in [-0.25, -0.2) is 0 Å². The lowest BCUT2D eigenvalue weighted by Crippen LogP contribution is -2.04. The molecule has 2 aromatic rings. The lowest BCUT2D eigenvalue weighted by atomic mass is 10.1. The Hall–Kier alpha value is -2.57. The second-order valence-electron chi connectivity index (χ2n) is 4.52. The Labute approximate surface area is 128 Å². The van der Waals surface area contributed by atoms with Crippen LogP contribution in [-0.4, -0.2) is 5.78 Å². The van der Waals surface area contributed by atoms with Gasteiger partial charge < -0.3 is 5.32 Å². The van der Waals surface area contributed by atoms with Gasteiger partial charge in [-0.1, -0.05) is 29.3 Å². The normalized spacial score (nSPS) is 10.8. The van der Waals surface area contributed by atoms with Crippen LogP contribution in [0.5, 0.6) is 0 Å². The fourth-order valence-corrected chi connectivity index (χ4v) is 1.84. The smallest absolute Gasteiger partial charge is 0.205 e. The maximum atomic E-state index is 12.2. The van der Waals surface area contributed by atoms with Gasteiger partial charge in [-0.2, -0.15) is 5.26 Å². The largest absolute Gasteiger partial charge is 0.360 e. The molecular weight excluding hydrogens is 284 g/mol. The third kappa shape index (κ3) is 3.95. The quantitative estimate of drug-likeness (QED) is 0.518. The van der Waals surface area contributed by atoms with Crippen molar-refractivity contribution in [1.29, 1.82) is 5.26 Å². The van der Waals surface area contributed by atoms with E-state index in [-0.39, 0.29) is 11.4 Å². The Bertz CT molecular complexity index is 710. The fourth-order valence-electron chi connectivity index (χ4n) is 1.71. The molecule has 0 aliphatic heterocycles. The van der Waals surface area contributed by atoms with E-state index in [9.17, 15) is 4.79 Å². The number of nitriles is 1. The predicted octanol–water partition coefficient (Wildman–Crippen LogP) is 4.35. The number of nitrogens with zero attached hydrogens (tertiary/aromatic N) is 1. The van der Waals surface area contributed by atoms with E-state index in [4.69, 9.17) is 16.9 Å². The molecule has 0 atom stereocenters. The Kier molecular flexibility index (Phi) is 4.76. The van der Waals surface area contributed by atoms with Crippen LogP contribution in [0.3, 0.4) is 0 Å². The Morgan fingerprint density at radius 1 is 1.14 bits per heavy atom. The van der Waals surface area contributed by atoms with Crippen LogP contribution in [-0.2, 0) is 0 Å². The van der Waals surface area contributed by atoms with Gasteiger partial charge in [0.1, 0.15) is 11.6 Å².